The number of amides is 2. The van der Waals surface area contributed by atoms with Crippen LogP contribution in [0.2, 0.25) is 0 Å². The Morgan fingerprint density at radius 3 is 2.30 bits per heavy atom. The van der Waals surface area contributed by atoms with Crippen molar-refractivity contribution in [2.75, 3.05) is 5.32 Å². The molecule has 122 valence electrons. The van der Waals surface area contributed by atoms with E-state index in [4.69, 9.17) is 5.11 Å². The monoisotopic (exact) mass is 341 g/mol. The predicted molar refractivity (Wildman–Crippen MR) is 74.3 cm³/mol. The van der Waals surface area contributed by atoms with Crippen molar-refractivity contribution in [3.63, 3.8) is 0 Å². The molecule has 0 saturated heterocycles. The van der Waals surface area contributed by atoms with Gasteiger partial charge in [0.05, 0.1) is 0 Å². The molecule has 11 nitrogen and oxygen atoms in total. The second-order valence-corrected chi connectivity index (χ2v) is 5.92. The van der Waals surface area contributed by atoms with Gasteiger partial charge in [0.2, 0.25) is 5.95 Å². The van der Waals surface area contributed by atoms with Crippen LogP contribution in [0.3, 0.4) is 0 Å². The fourth-order valence-corrected chi connectivity index (χ4v) is 2.64. The van der Waals surface area contributed by atoms with Gasteiger partial charge in [-0.3, -0.25) is 5.32 Å². The molecule has 12 heteroatoms. The second kappa shape index (κ2) is 6.00. The van der Waals surface area contributed by atoms with E-state index < -0.39 is 32.5 Å². The van der Waals surface area contributed by atoms with Gasteiger partial charge in [-0.1, -0.05) is 0 Å². The van der Waals surface area contributed by atoms with Gasteiger partial charge in [0, 0.05) is 0 Å². The van der Waals surface area contributed by atoms with E-state index in [0.717, 1.165) is 6.26 Å². The van der Waals surface area contributed by atoms with Crippen LogP contribution in [-0.4, -0.2) is 40.5 Å². The molecule has 0 aliphatic heterocycles. The Bertz CT molecular complexity index is 855. The Hall–Kier alpha value is -3.02. The molecule has 0 radical (unpaired) electrons. The summed E-state index contributed by atoms with van der Waals surface area (Å²) in [6.07, 6.45) is 1.45. The Balaban J connectivity index is 2.18. The number of nitrogens with one attached hydrogen (secondary N) is 2. The highest BCUT2D eigenvalue weighted by Crippen LogP contribution is 2.16. The quantitative estimate of drug-likeness (QED) is 0.708. The minimum absolute atomic E-state index is 0.145. The number of sulfonamides is 1. The maximum absolute atomic E-state index is 12.0. The number of carbonyl (C=O) groups excluding carboxylic acids is 1. The van der Waals surface area contributed by atoms with Crippen LogP contribution < -0.4 is 10.0 Å². The van der Waals surface area contributed by atoms with E-state index >= 15 is 0 Å². The number of urea groups is 1. The Labute approximate surface area is 129 Å². The summed E-state index contributed by atoms with van der Waals surface area (Å²) in [6, 6.07) is -1.16. The lowest BCUT2D eigenvalue weighted by molar-refractivity contribution is 0.0692. The molecule has 0 spiro atoms. The minimum Gasteiger partial charge on any atom is -0.478 e. The number of hydrogen-bond donors (Lipinski definition) is 3. The van der Waals surface area contributed by atoms with Crippen LogP contribution >= 0.6 is 0 Å². The topological polar surface area (TPSA) is 164 Å². The number of carboxylic acid groups (broad SMARTS) is 1. The summed E-state index contributed by atoms with van der Waals surface area (Å²) in [5.74, 6) is -0.992. The molecule has 2 aromatic rings. The third-order valence-electron chi connectivity index (χ3n) is 2.46. The third-order valence-corrected chi connectivity index (χ3v) is 3.81. The Kier molecular flexibility index (Phi) is 4.27. The largest absolute Gasteiger partial charge is 0.478 e. The van der Waals surface area contributed by atoms with Crippen molar-refractivity contribution in [2.24, 2.45) is 0 Å². The fraction of sp³-hybridized carbons (Fsp3) is 0.182. The second-order valence-electron chi connectivity index (χ2n) is 4.27. The molecule has 0 atom stereocenters. The zero-order valence-electron chi connectivity index (χ0n) is 11.9. The summed E-state index contributed by atoms with van der Waals surface area (Å²) in [6.45, 7) is 3.14. The van der Waals surface area contributed by atoms with Crippen molar-refractivity contribution in [3.8, 4) is 0 Å². The van der Waals surface area contributed by atoms with E-state index in [1.807, 2.05) is 0 Å². The normalized spacial score (nSPS) is 11.0. The van der Waals surface area contributed by atoms with Crippen LogP contribution in [0.1, 0.15) is 22.0 Å². The maximum Gasteiger partial charge on any atom is 0.340 e. The zero-order chi connectivity index (χ0) is 17.2. The van der Waals surface area contributed by atoms with Crippen LogP contribution in [0, 0.1) is 13.8 Å². The lowest BCUT2D eigenvalue weighted by atomic mass is 10.3. The van der Waals surface area contributed by atoms with Crippen LogP contribution in [0.4, 0.5) is 10.7 Å². The number of carboxylic acids is 1. The Morgan fingerprint density at radius 2 is 1.74 bits per heavy atom. The zero-order valence-corrected chi connectivity index (χ0v) is 12.7. The molecular weight excluding hydrogens is 330 g/mol. The highest BCUT2D eigenvalue weighted by atomic mass is 32.2. The standard InChI is InChI=1S/C11H11N5O6S/c1-5-12-6(2)14-10(13-5)15-11(19)16-23(20,21)8-4-22-3-7(8)9(17)18/h3-4H,1-2H3,(H,17,18)(H2,12,13,14,15,16,19). The summed E-state index contributed by atoms with van der Waals surface area (Å²) >= 11 is 0. The first-order chi connectivity index (χ1) is 10.7. The number of rotatable bonds is 4. The highest BCUT2D eigenvalue weighted by Gasteiger charge is 2.26. The molecule has 2 heterocycles. The first-order valence-corrected chi connectivity index (χ1v) is 7.50. The average molecular weight is 341 g/mol. The van der Waals surface area contributed by atoms with Gasteiger partial charge in [-0.2, -0.15) is 9.97 Å². The van der Waals surface area contributed by atoms with Gasteiger partial charge in [0.1, 0.15) is 34.6 Å². The summed E-state index contributed by atoms with van der Waals surface area (Å²) in [7, 11) is -4.44. The van der Waals surface area contributed by atoms with Crippen molar-refractivity contribution < 1.29 is 27.5 Å². The van der Waals surface area contributed by atoms with Gasteiger partial charge in [0.25, 0.3) is 10.0 Å². The van der Waals surface area contributed by atoms with Gasteiger partial charge in [0.15, 0.2) is 0 Å². The number of aryl methyl sites for hydroxylation is 2. The fourth-order valence-electron chi connectivity index (χ4n) is 1.62. The predicted octanol–water partition coefficient (Wildman–Crippen LogP) is 0.290. The third kappa shape index (κ3) is 3.79. The van der Waals surface area contributed by atoms with E-state index in [0.29, 0.717) is 17.9 Å². The first kappa shape index (κ1) is 16.4. The molecule has 0 saturated carbocycles. The van der Waals surface area contributed by atoms with Crippen molar-refractivity contribution in [3.05, 3.63) is 29.7 Å². The molecule has 2 amide bonds. The number of aromatic carboxylic acids is 1. The van der Waals surface area contributed by atoms with Crippen molar-refractivity contribution in [2.45, 2.75) is 18.7 Å². The van der Waals surface area contributed by atoms with Crippen LogP contribution in [0.25, 0.3) is 0 Å². The summed E-state index contributed by atoms with van der Waals surface area (Å²) in [5.41, 5.74) is -0.600. The number of carbonyl (C=O) groups is 2. The van der Waals surface area contributed by atoms with Gasteiger partial charge in [-0.05, 0) is 13.8 Å². The number of aromatic nitrogens is 3. The average Bonchev–Trinajstić information content (AvgIpc) is 2.86. The van der Waals surface area contributed by atoms with Crippen molar-refractivity contribution in [1.29, 1.82) is 0 Å². The SMILES string of the molecule is Cc1nc(C)nc(NC(=O)NS(=O)(=O)c2cocc2C(=O)O)n1. The van der Waals surface area contributed by atoms with E-state index in [-0.39, 0.29) is 5.95 Å². The molecule has 0 aliphatic rings. The lowest BCUT2D eigenvalue weighted by Crippen LogP contribution is -2.35. The molecule has 23 heavy (non-hydrogen) atoms. The molecule has 0 aliphatic carbocycles. The van der Waals surface area contributed by atoms with Gasteiger partial charge in [-0.15, -0.1) is 0 Å². The van der Waals surface area contributed by atoms with E-state index in [9.17, 15) is 18.0 Å². The Morgan fingerprint density at radius 1 is 1.13 bits per heavy atom. The summed E-state index contributed by atoms with van der Waals surface area (Å²) in [5, 5.41) is 11.0. The molecular formula is C11H11N5O6S. The van der Waals surface area contributed by atoms with Crippen LogP contribution in [0.15, 0.2) is 21.8 Å². The molecule has 0 fully saturated rings. The molecule has 0 bridgehead atoms. The van der Waals surface area contributed by atoms with Crippen molar-refractivity contribution >= 4 is 28.0 Å². The molecule has 0 aromatic carbocycles. The van der Waals surface area contributed by atoms with Crippen LogP contribution in [0.5, 0.6) is 0 Å². The summed E-state index contributed by atoms with van der Waals surface area (Å²) < 4.78 is 30.2. The number of anilines is 1. The van der Waals surface area contributed by atoms with Crippen molar-refractivity contribution in [1.82, 2.24) is 19.7 Å². The lowest BCUT2D eigenvalue weighted by Gasteiger charge is -2.07. The van der Waals surface area contributed by atoms with Gasteiger partial charge >= 0.3 is 12.0 Å². The maximum atomic E-state index is 12.0. The molecule has 2 aromatic heterocycles. The molecule has 3 N–H and O–H groups in total. The number of furan rings is 1. The molecule has 0 unspecified atom stereocenters. The van der Waals surface area contributed by atoms with Gasteiger partial charge < -0.3 is 9.52 Å². The van der Waals surface area contributed by atoms with Gasteiger partial charge in [-0.25, -0.2) is 27.7 Å². The minimum atomic E-state index is -4.44. The highest BCUT2D eigenvalue weighted by molar-refractivity contribution is 7.90. The van der Waals surface area contributed by atoms with E-state index in [1.165, 1.54) is 0 Å². The molecule has 2 rings (SSSR count). The van der Waals surface area contributed by atoms with E-state index in [2.05, 4.69) is 24.7 Å². The number of nitrogens with zero attached hydrogens (tertiary/aromatic N) is 3. The first-order valence-electron chi connectivity index (χ1n) is 6.01. The number of hydrogen-bond acceptors (Lipinski definition) is 8. The smallest absolute Gasteiger partial charge is 0.340 e. The van der Waals surface area contributed by atoms with Crippen LogP contribution in [-0.2, 0) is 10.0 Å². The van der Waals surface area contributed by atoms with E-state index in [1.54, 1.807) is 18.6 Å². The summed E-state index contributed by atoms with van der Waals surface area (Å²) in [4.78, 5) is 33.5.